The quantitative estimate of drug-likeness (QED) is 0.782. The summed E-state index contributed by atoms with van der Waals surface area (Å²) in [7, 11) is -3.29. The van der Waals surface area contributed by atoms with Crippen molar-refractivity contribution < 1.29 is 8.42 Å². The van der Waals surface area contributed by atoms with Crippen molar-refractivity contribution in [3.8, 4) is 0 Å². The zero-order valence-corrected chi connectivity index (χ0v) is 13.9. The van der Waals surface area contributed by atoms with Crippen LogP contribution in [0.1, 0.15) is 38.2 Å². The monoisotopic (exact) mass is 351 g/mol. The molecule has 6 heteroatoms. The van der Waals surface area contributed by atoms with Crippen LogP contribution in [0, 0.1) is 6.92 Å². The lowest BCUT2D eigenvalue weighted by atomic mass is 10.3. The Morgan fingerprint density at radius 1 is 1.50 bits per heavy atom. The van der Waals surface area contributed by atoms with Gasteiger partial charge in [-0.2, -0.15) is 4.31 Å². The van der Waals surface area contributed by atoms with Crippen LogP contribution in [-0.2, 0) is 10.0 Å². The topological polar surface area (TPSA) is 37.4 Å². The summed E-state index contributed by atoms with van der Waals surface area (Å²) in [6, 6.07) is 2.01. The molecule has 1 aliphatic carbocycles. The van der Waals surface area contributed by atoms with E-state index in [0.717, 1.165) is 35.0 Å². The van der Waals surface area contributed by atoms with Gasteiger partial charge in [-0.3, -0.25) is 0 Å². The van der Waals surface area contributed by atoms with E-state index in [0.29, 0.717) is 10.8 Å². The molecule has 2 rings (SSSR count). The Balaban J connectivity index is 2.26. The van der Waals surface area contributed by atoms with Gasteiger partial charge in [-0.05, 0) is 53.7 Å². The van der Waals surface area contributed by atoms with E-state index in [1.54, 1.807) is 10.4 Å². The molecule has 3 nitrogen and oxygen atoms in total. The fourth-order valence-electron chi connectivity index (χ4n) is 1.85. The van der Waals surface area contributed by atoms with Crippen LogP contribution in [0.15, 0.2) is 14.1 Å². The van der Waals surface area contributed by atoms with Crippen LogP contribution in [0.3, 0.4) is 0 Å². The lowest BCUT2D eigenvalue weighted by Gasteiger charge is -2.20. The van der Waals surface area contributed by atoms with Crippen LogP contribution in [-0.4, -0.2) is 25.3 Å². The Hall–Kier alpha value is 0.0900. The van der Waals surface area contributed by atoms with Crippen molar-refractivity contribution in [3.63, 3.8) is 0 Å². The first-order chi connectivity index (χ1) is 8.46. The van der Waals surface area contributed by atoms with Gasteiger partial charge in [-0.25, -0.2) is 8.42 Å². The average Bonchev–Trinajstić information content (AvgIpc) is 3.07. The summed E-state index contributed by atoms with van der Waals surface area (Å²) in [6.07, 6.45) is 3.97. The first-order valence-electron chi connectivity index (χ1n) is 6.24. The molecule has 0 unspecified atom stereocenters. The summed E-state index contributed by atoms with van der Waals surface area (Å²) < 4.78 is 28.3. The first kappa shape index (κ1) is 14.5. The molecule has 0 spiro atoms. The fraction of sp³-hybridized carbons (Fsp3) is 0.667. The van der Waals surface area contributed by atoms with Crippen LogP contribution >= 0.6 is 27.3 Å². The van der Waals surface area contributed by atoms with Crippen LogP contribution < -0.4 is 0 Å². The van der Waals surface area contributed by atoms with Crippen molar-refractivity contribution in [1.82, 2.24) is 4.31 Å². The number of unbranched alkanes of at least 4 members (excludes halogenated alkanes) is 1. The van der Waals surface area contributed by atoms with Crippen molar-refractivity contribution >= 4 is 37.3 Å². The summed E-state index contributed by atoms with van der Waals surface area (Å²) in [5.74, 6) is 0. The maximum atomic E-state index is 12.6. The van der Waals surface area contributed by atoms with Crippen molar-refractivity contribution in [3.05, 3.63) is 15.4 Å². The van der Waals surface area contributed by atoms with Crippen molar-refractivity contribution in [2.45, 2.75) is 49.8 Å². The molecular formula is C12H18BrNO2S2. The third-order valence-corrected chi connectivity index (χ3v) is 7.62. The van der Waals surface area contributed by atoms with Crippen LogP contribution in [0.4, 0.5) is 0 Å². The summed E-state index contributed by atoms with van der Waals surface area (Å²) in [4.78, 5) is 0. The highest BCUT2D eigenvalue weighted by molar-refractivity contribution is 9.11. The van der Waals surface area contributed by atoms with E-state index in [2.05, 4.69) is 22.9 Å². The number of sulfonamides is 1. The highest BCUT2D eigenvalue weighted by Crippen LogP contribution is 2.37. The molecule has 0 aromatic carbocycles. The van der Waals surface area contributed by atoms with Gasteiger partial charge in [0, 0.05) is 12.6 Å². The normalized spacial score (nSPS) is 16.4. The maximum Gasteiger partial charge on any atom is 0.252 e. The number of halogens is 1. The van der Waals surface area contributed by atoms with Gasteiger partial charge >= 0.3 is 0 Å². The summed E-state index contributed by atoms with van der Waals surface area (Å²) in [5.41, 5.74) is 0.991. The number of aryl methyl sites for hydroxylation is 1. The van der Waals surface area contributed by atoms with Gasteiger partial charge in [0.25, 0.3) is 10.0 Å². The highest BCUT2D eigenvalue weighted by atomic mass is 79.9. The van der Waals surface area contributed by atoms with Crippen molar-refractivity contribution in [2.24, 2.45) is 0 Å². The molecule has 0 bridgehead atoms. The Labute approximate surface area is 121 Å². The van der Waals surface area contributed by atoms with E-state index in [1.165, 1.54) is 11.3 Å². The molecule has 1 aromatic rings. The molecule has 1 heterocycles. The third kappa shape index (κ3) is 2.98. The number of hydrogen-bond donors (Lipinski definition) is 0. The molecule has 0 atom stereocenters. The molecule has 1 saturated carbocycles. The molecule has 1 fully saturated rings. The SMILES string of the molecule is CCCCN(C1CC1)S(=O)(=O)c1cc(C)c(Br)s1. The van der Waals surface area contributed by atoms with E-state index in [9.17, 15) is 8.42 Å². The lowest BCUT2D eigenvalue weighted by molar-refractivity contribution is 0.397. The van der Waals surface area contributed by atoms with Gasteiger partial charge in [0.15, 0.2) is 0 Å². The second-order valence-electron chi connectivity index (χ2n) is 4.72. The summed E-state index contributed by atoms with van der Waals surface area (Å²) in [6.45, 7) is 4.66. The van der Waals surface area contributed by atoms with E-state index in [-0.39, 0.29) is 6.04 Å². The van der Waals surface area contributed by atoms with Gasteiger partial charge < -0.3 is 0 Å². The predicted octanol–water partition coefficient (Wildman–Crippen LogP) is 3.77. The Bertz CT molecular complexity index is 501. The zero-order chi connectivity index (χ0) is 13.3. The van der Waals surface area contributed by atoms with Gasteiger partial charge in [0.05, 0.1) is 3.79 Å². The van der Waals surface area contributed by atoms with Gasteiger partial charge in [-0.1, -0.05) is 13.3 Å². The maximum absolute atomic E-state index is 12.6. The summed E-state index contributed by atoms with van der Waals surface area (Å²) >= 11 is 4.71. The second kappa shape index (κ2) is 5.61. The highest BCUT2D eigenvalue weighted by Gasteiger charge is 2.38. The standard InChI is InChI=1S/C12H18BrNO2S2/c1-3-4-7-14(10-5-6-10)18(15,16)11-8-9(2)12(13)17-11/h8,10H,3-7H2,1-2H3. The molecule has 1 aliphatic rings. The third-order valence-electron chi connectivity index (χ3n) is 3.08. The molecular weight excluding hydrogens is 334 g/mol. The Kier molecular flexibility index (Phi) is 4.52. The summed E-state index contributed by atoms with van der Waals surface area (Å²) in [5, 5.41) is 0. The molecule has 0 radical (unpaired) electrons. The van der Waals surface area contributed by atoms with Gasteiger partial charge in [0.2, 0.25) is 0 Å². The molecule has 0 saturated heterocycles. The Morgan fingerprint density at radius 3 is 2.61 bits per heavy atom. The van der Waals surface area contributed by atoms with Gasteiger partial charge in [0.1, 0.15) is 4.21 Å². The van der Waals surface area contributed by atoms with E-state index in [4.69, 9.17) is 0 Å². The van der Waals surface area contributed by atoms with E-state index >= 15 is 0 Å². The molecule has 0 aliphatic heterocycles. The minimum atomic E-state index is -3.29. The van der Waals surface area contributed by atoms with Crippen molar-refractivity contribution in [1.29, 1.82) is 0 Å². The lowest BCUT2D eigenvalue weighted by Crippen LogP contribution is -2.33. The number of hydrogen-bond acceptors (Lipinski definition) is 3. The van der Waals surface area contributed by atoms with Crippen LogP contribution in [0.25, 0.3) is 0 Å². The largest absolute Gasteiger partial charge is 0.252 e. The minimum absolute atomic E-state index is 0.239. The van der Waals surface area contributed by atoms with Crippen molar-refractivity contribution in [2.75, 3.05) is 6.54 Å². The predicted molar refractivity (Wildman–Crippen MR) is 78.6 cm³/mol. The fourth-order valence-corrected chi connectivity index (χ4v) is 5.93. The first-order valence-corrected chi connectivity index (χ1v) is 9.29. The molecule has 0 N–H and O–H groups in total. The molecule has 1 aromatic heterocycles. The van der Waals surface area contributed by atoms with Crippen LogP contribution in [0.2, 0.25) is 0 Å². The number of thiophene rings is 1. The second-order valence-corrected chi connectivity index (χ2v) is 9.21. The molecule has 18 heavy (non-hydrogen) atoms. The molecule has 0 amide bonds. The van der Waals surface area contributed by atoms with E-state index in [1.807, 2.05) is 6.92 Å². The average molecular weight is 352 g/mol. The smallest absolute Gasteiger partial charge is 0.206 e. The number of rotatable bonds is 6. The van der Waals surface area contributed by atoms with Crippen LogP contribution in [0.5, 0.6) is 0 Å². The minimum Gasteiger partial charge on any atom is -0.206 e. The van der Waals surface area contributed by atoms with Gasteiger partial charge in [-0.15, -0.1) is 11.3 Å². The van der Waals surface area contributed by atoms with E-state index < -0.39 is 10.0 Å². The number of nitrogens with zero attached hydrogens (tertiary/aromatic N) is 1. The Morgan fingerprint density at radius 2 is 2.17 bits per heavy atom. The zero-order valence-electron chi connectivity index (χ0n) is 10.6. The molecule has 102 valence electrons.